The smallest absolute Gasteiger partial charge is 0.348 e. The second-order valence-corrected chi connectivity index (χ2v) is 13.5. The molecule has 1 N–H and O–H groups in total. The van der Waals surface area contributed by atoms with E-state index in [4.69, 9.17) is 23.7 Å². The topological polar surface area (TPSA) is 126 Å². The molecule has 12 heteroatoms. The number of nitrogens with zero attached hydrogens (tertiary/aromatic N) is 2. The molecule has 4 bridgehead atoms. The van der Waals surface area contributed by atoms with Gasteiger partial charge in [0, 0.05) is 42.3 Å². The van der Waals surface area contributed by atoms with E-state index < -0.39 is 60.1 Å². The zero-order valence-corrected chi connectivity index (χ0v) is 29.2. The molecule has 3 aliphatic carbocycles. The van der Waals surface area contributed by atoms with E-state index in [1.165, 1.54) is 7.11 Å². The van der Waals surface area contributed by atoms with Crippen LogP contribution in [0.15, 0.2) is 66.3 Å². The second-order valence-electron chi connectivity index (χ2n) is 13.5. The van der Waals surface area contributed by atoms with E-state index in [-0.39, 0.29) is 59.5 Å². The SMILES string of the molecule is CO[C@H]1CC2C=C[C@H]3[C@H]4O[C@]2(/C(C)=C/[C@@H](C)[C@@H]([C@@H](C)OC(=O)Cn2cc[n+](C)c2)OC1=O)[C@@H]3[C@H](O)[C@@H](C)[C@H]4OC(=O)C1=CC=CC1.[Br-]. The molecule has 11 nitrogen and oxygen atoms in total. The highest BCUT2D eigenvalue weighted by Crippen LogP contribution is 2.61. The first-order valence-corrected chi connectivity index (χ1v) is 16.2. The van der Waals surface area contributed by atoms with Crippen molar-refractivity contribution in [3.63, 3.8) is 0 Å². The minimum absolute atomic E-state index is 0. The highest BCUT2D eigenvalue weighted by Gasteiger charge is 2.69. The van der Waals surface area contributed by atoms with Crippen molar-refractivity contribution >= 4 is 17.9 Å². The molecule has 1 unspecified atom stereocenters. The van der Waals surface area contributed by atoms with Crippen LogP contribution >= 0.6 is 0 Å². The molecule has 47 heavy (non-hydrogen) atoms. The van der Waals surface area contributed by atoms with E-state index in [9.17, 15) is 19.5 Å². The summed E-state index contributed by atoms with van der Waals surface area (Å²) in [5.74, 6) is -3.04. The van der Waals surface area contributed by atoms with Crippen molar-refractivity contribution in [2.45, 2.75) is 89.3 Å². The Bertz CT molecular complexity index is 1500. The molecule has 5 aliphatic rings. The van der Waals surface area contributed by atoms with Crippen LogP contribution in [0.3, 0.4) is 0 Å². The van der Waals surface area contributed by atoms with Gasteiger partial charge in [-0.05, 0) is 32.3 Å². The van der Waals surface area contributed by atoms with E-state index >= 15 is 0 Å². The van der Waals surface area contributed by atoms with Crippen LogP contribution in [0.1, 0.15) is 40.5 Å². The number of ether oxygens (including phenoxy) is 5. The first-order chi connectivity index (χ1) is 21.9. The number of allylic oxidation sites excluding steroid dienone is 3. The molecule has 1 aromatic rings. The van der Waals surface area contributed by atoms with Crippen LogP contribution in [0.4, 0.5) is 0 Å². The number of methoxy groups -OCH3 is 1. The first-order valence-electron chi connectivity index (χ1n) is 16.2. The Morgan fingerprint density at radius 3 is 2.68 bits per heavy atom. The van der Waals surface area contributed by atoms with Gasteiger partial charge in [-0.2, -0.15) is 0 Å². The van der Waals surface area contributed by atoms with Gasteiger partial charge in [0.1, 0.15) is 42.4 Å². The van der Waals surface area contributed by atoms with Gasteiger partial charge in [-0.25, -0.2) is 23.5 Å². The maximum atomic E-state index is 13.6. The summed E-state index contributed by atoms with van der Waals surface area (Å²) in [5, 5.41) is 11.9. The molecule has 1 saturated carbocycles. The summed E-state index contributed by atoms with van der Waals surface area (Å²) in [6.07, 6.45) is 13.3. The van der Waals surface area contributed by atoms with Gasteiger partial charge in [-0.15, -0.1) is 0 Å². The van der Waals surface area contributed by atoms with Crippen LogP contribution in [0.5, 0.6) is 0 Å². The number of carbonyl (C=O) groups is 3. The fourth-order valence-corrected chi connectivity index (χ4v) is 8.34. The molecule has 3 heterocycles. The van der Waals surface area contributed by atoms with Gasteiger partial charge in [-0.3, -0.25) is 0 Å². The lowest BCUT2D eigenvalue weighted by Crippen LogP contribution is -3.00. The minimum Gasteiger partial charge on any atom is -1.00 e. The monoisotopic (exact) mass is 716 g/mol. The Kier molecular flexibility index (Phi) is 10.4. The van der Waals surface area contributed by atoms with Crippen molar-refractivity contribution in [3.8, 4) is 0 Å². The molecular weight excluding hydrogens is 672 g/mol. The number of aromatic nitrogens is 2. The third kappa shape index (κ3) is 6.29. The standard InChI is InChI=1S/C35H45N2O9.BrH/c1-19-15-20(2)35-24(16-26(42-6)34(41)44-30(19)22(4)43-27(38)17-37-14-13-36(5)18-37)11-12-25-28(35)29(39)21(3)31(32(25)46-35)45-33(40)23-9-7-8-10-23;/h7-9,11-15,18-19,21-22,24-26,28-32,39H,10,16-17H2,1-6H3;1H/q+1;/p-1/b20-15+;/t19-,21-,22-,24?,25-,26+,28+,29-,30+,31-,32-,35+;/m1./s1. The van der Waals surface area contributed by atoms with Gasteiger partial charge >= 0.3 is 17.9 Å². The van der Waals surface area contributed by atoms with Crippen LogP contribution in [-0.4, -0.2) is 76.9 Å². The lowest BCUT2D eigenvalue weighted by molar-refractivity contribution is -0.671. The van der Waals surface area contributed by atoms with Crippen molar-refractivity contribution < 1.29 is 64.7 Å². The Balaban J connectivity index is 0.00000433. The summed E-state index contributed by atoms with van der Waals surface area (Å²) in [4.78, 5) is 39.6. The molecule has 0 radical (unpaired) electrons. The summed E-state index contributed by atoms with van der Waals surface area (Å²) in [6.45, 7) is 7.54. The molecule has 12 atom stereocenters. The van der Waals surface area contributed by atoms with Crippen LogP contribution in [0.2, 0.25) is 0 Å². The zero-order chi connectivity index (χ0) is 32.9. The molecule has 2 aliphatic heterocycles. The van der Waals surface area contributed by atoms with Crippen LogP contribution in [0.25, 0.3) is 0 Å². The number of aryl methyl sites for hydroxylation is 1. The first kappa shape index (κ1) is 35.3. The van der Waals surface area contributed by atoms with E-state index in [0.29, 0.717) is 12.0 Å². The van der Waals surface area contributed by atoms with Crippen molar-refractivity contribution in [1.29, 1.82) is 0 Å². The maximum Gasteiger partial charge on any atom is 0.348 e. The average Bonchev–Trinajstić information content (AvgIpc) is 3.73. The summed E-state index contributed by atoms with van der Waals surface area (Å²) in [6, 6.07) is 0. The van der Waals surface area contributed by atoms with Crippen molar-refractivity contribution in [2.24, 2.45) is 36.6 Å². The Hall–Kier alpha value is -3.06. The number of hydrogen-bond acceptors (Lipinski definition) is 9. The number of rotatable bonds is 7. The average molecular weight is 718 g/mol. The summed E-state index contributed by atoms with van der Waals surface area (Å²) < 4.78 is 34.2. The van der Waals surface area contributed by atoms with E-state index in [1.807, 2.05) is 62.9 Å². The molecule has 6 rings (SSSR count). The van der Waals surface area contributed by atoms with Gasteiger partial charge in [0.25, 0.3) is 0 Å². The normalized spacial score (nSPS) is 39.0. The number of hydrogen-bond donors (Lipinski definition) is 1. The largest absolute Gasteiger partial charge is 1.00 e. The van der Waals surface area contributed by atoms with Crippen molar-refractivity contribution in [2.75, 3.05) is 7.11 Å². The number of halogens is 1. The fraction of sp³-hybridized carbons (Fsp3) is 0.600. The Labute approximate surface area is 286 Å². The number of cyclic esters (lactones) is 1. The highest BCUT2D eigenvalue weighted by molar-refractivity contribution is 5.90. The maximum absolute atomic E-state index is 13.6. The van der Waals surface area contributed by atoms with Gasteiger partial charge in [-0.1, -0.05) is 50.3 Å². The van der Waals surface area contributed by atoms with Crippen LogP contribution in [0, 0.1) is 29.6 Å². The van der Waals surface area contributed by atoms with E-state index in [1.54, 1.807) is 30.1 Å². The highest BCUT2D eigenvalue weighted by atomic mass is 79.9. The number of aliphatic hydroxyl groups is 1. The molecule has 1 spiro atoms. The van der Waals surface area contributed by atoms with E-state index in [0.717, 1.165) is 5.57 Å². The quantitative estimate of drug-likeness (QED) is 0.173. The molecule has 1 saturated heterocycles. The Morgan fingerprint density at radius 2 is 2.02 bits per heavy atom. The predicted octanol–water partition coefficient (Wildman–Crippen LogP) is -0.474. The third-order valence-corrected chi connectivity index (χ3v) is 10.6. The van der Waals surface area contributed by atoms with Crippen molar-refractivity contribution in [3.05, 3.63) is 66.3 Å². The third-order valence-electron chi connectivity index (χ3n) is 10.6. The van der Waals surface area contributed by atoms with Gasteiger partial charge in [0.05, 0.1) is 13.2 Å². The summed E-state index contributed by atoms with van der Waals surface area (Å²) >= 11 is 0. The fourth-order valence-electron chi connectivity index (χ4n) is 8.34. The number of carbonyl (C=O) groups excluding carboxylic acids is 3. The lowest BCUT2D eigenvalue weighted by atomic mass is 9.57. The zero-order valence-electron chi connectivity index (χ0n) is 27.7. The lowest BCUT2D eigenvalue weighted by Gasteiger charge is -2.49. The summed E-state index contributed by atoms with van der Waals surface area (Å²) in [7, 11) is 3.33. The molecule has 256 valence electrons. The van der Waals surface area contributed by atoms with Gasteiger partial charge in [0.15, 0.2) is 12.6 Å². The molecule has 1 aromatic heterocycles. The molecular formula is C35H45BrN2O9. The number of esters is 3. The van der Waals surface area contributed by atoms with Gasteiger partial charge in [0.2, 0.25) is 6.33 Å². The number of imidazole rings is 1. The second kappa shape index (κ2) is 13.8. The van der Waals surface area contributed by atoms with Gasteiger partial charge < -0.3 is 45.8 Å². The van der Waals surface area contributed by atoms with E-state index in [2.05, 4.69) is 6.08 Å². The number of aliphatic hydroxyl groups excluding tert-OH is 1. The molecule has 0 aromatic carbocycles. The van der Waals surface area contributed by atoms with Crippen LogP contribution in [-0.2, 0) is 51.7 Å². The molecule has 0 amide bonds. The molecule has 2 fully saturated rings. The minimum atomic E-state index is -0.982. The van der Waals surface area contributed by atoms with Crippen molar-refractivity contribution in [1.82, 2.24) is 4.57 Å². The predicted molar refractivity (Wildman–Crippen MR) is 163 cm³/mol. The Morgan fingerprint density at radius 1 is 1.26 bits per heavy atom. The summed E-state index contributed by atoms with van der Waals surface area (Å²) in [5.41, 5.74) is 0.470. The van der Waals surface area contributed by atoms with Crippen LogP contribution < -0.4 is 21.5 Å².